The zero-order chi connectivity index (χ0) is 27.1. The number of carbonyl (C=O) groups excluding carboxylic acids is 1. The Morgan fingerprint density at radius 2 is 1.82 bits per heavy atom. The smallest absolute Gasteiger partial charge is 0.339 e. The number of amidine groups is 1. The molecule has 3 aromatic rings. The highest BCUT2D eigenvalue weighted by molar-refractivity contribution is 8.15. The molecule has 1 fully saturated rings. The summed E-state index contributed by atoms with van der Waals surface area (Å²) in [6, 6.07) is 14.7. The van der Waals surface area contributed by atoms with Crippen LogP contribution in [-0.4, -0.2) is 31.0 Å². The molecule has 0 aliphatic carbocycles. The SMILES string of the molecule is CCCCCCCC1S/C(=N/N=C/c2c(OS(=O)(=O)c3ccc(Cl)c(Cl)c3)ccc3ccccc23)NC1=O. The Balaban J connectivity index is 1.55. The number of carbonyl (C=O) groups is 1. The van der Waals surface area contributed by atoms with E-state index in [9.17, 15) is 13.2 Å². The lowest BCUT2D eigenvalue weighted by Gasteiger charge is -2.12. The molecule has 1 amide bonds. The molecule has 1 N–H and O–H groups in total. The molecule has 0 radical (unpaired) electrons. The van der Waals surface area contributed by atoms with Gasteiger partial charge in [-0.1, -0.05) is 104 Å². The van der Waals surface area contributed by atoms with E-state index >= 15 is 0 Å². The van der Waals surface area contributed by atoms with E-state index in [0.29, 0.717) is 10.7 Å². The molecule has 3 aromatic carbocycles. The summed E-state index contributed by atoms with van der Waals surface area (Å²) in [4.78, 5) is 12.2. The molecule has 0 spiro atoms. The maximum absolute atomic E-state index is 13.0. The van der Waals surface area contributed by atoms with Gasteiger partial charge in [0, 0.05) is 5.56 Å². The van der Waals surface area contributed by atoms with E-state index in [2.05, 4.69) is 22.4 Å². The lowest BCUT2D eigenvalue weighted by molar-refractivity contribution is -0.118. The molecule has 7 nitrogen and oxygen atoms in total. The van der Waals surface area contributed by atoms with Gasteiger partial charge in [0.05, 0.1) is 21.5 Å². The molecular weight excluding hydrogens is 565 g/mol. The minimum absolute atomic E-state index is 0.0682. The average Bonchev–Trinajstić information content (AvgIpc) is 3.25. The summed E-state index contributed by atoms with van der Waals surface area (Å²) >= 11 is 13.3. The Morgan fingerprint density at radius 3 is 2.61 bits per heavy atom. The first-order valence-electron chi connectivity index (χ1n) is 12.3. The summed E-state index contributed by atoms with van der Waals surface area (Å²) in [6.07, 6.45) is 7.88. The zero-order valence-electron chi connectivity index (χ0n) is 20.7. The Morgan fingerprint density at radius 1 is 1.03 bits per heavy atom. The van der Waals surface area contributed by atoms with Crippen LogP contribution in [0.4, 0.5) is 0 Å². The normalized spacial score (nSPS) is 17.0. The van der Waals surface area contributed by atoms with Gasteiger partial charge in [0.1, 0.15) is 4.90 Å². The standard InChI is InChI=1S/C27H27Cl2N3O4S2/c1-2-3-4-5-6-11-25-26(33)31-27(37-25)32-30-17-21-20-10-8-7-9-18(20)12-15-24(21)36-38(34,35)19-13-14-22(28)23(29)16-19/h7-10,12-17,25H,2-6,11H2,1H3,(H,31,32,33)/b30-17+. The van der Waals surface area contributed by atoms with Crippen molar-refractivity contribution >= 4 is 73.1 Å². The molecule has 1 atom stereocenters. The van der Waals surface area contributed by atoms with Crippen molar-refractivity contribution in [1.29, 1.82) is 0 Å². The van der Waals surface area contributed by atoms with Crippen LogP contribution in [0, 0.1) is 0 Å². The van der Waals surface area contributed by atoms with E-state index < -0.39 is 10.1 Å². The highest BCUT2D eigenvalue weighted by atomic mass is 35.5. The maximum Gasteiger partial charge on any atom is 0.339 e. The van der Waals surface area contributed by atoms with Gasteiger partial charge < -0.3 is 9.50 Å². The second kappa shape index (κ2) is 13.0. The van der Waals surface area contributed by atoms with Gasteiger partial charge >= 0.3 is 10.1 Å². The molecule has 200 valence electrons. The van der Waals surface area contributed by atoms with Crippen LogP contribution >= 0.6 is 35.0 Å². The Bertz CT molecular complexity index is 1490. The Kier molecular flexibility index (Phi) is 9.70. The number of rotatable bonds is 11. The van der Waals surface area contributed by atoms with Crippen molar-refractivity contribution in [1.82, 2.24) is 5.32 Å². The van der Waals surface area contributed by atoms with Gasteiger partial charge in [0.25, 0.3) is 0 Å². The highest BCUT2D eigenvalue weighted by Gasteiger charge is 2.29. The summed E-state index contributed by atoms with van der Waals surface area (Å²) in [6.45, 7) is 2.17. The molecule has 0 aromatic heterocycles. The van der Waals surface area contributed by atoms with Crippen LogP contribution in [0.2, 0.25) is 10.0 Å². The zero-order valence-corrected chi connectivity index (χ0v) is 23.8. The summed E-state index contributed by atoms with van der Waals surface area (Å²) < 4.78 is 31.5. The van der Waals surface area contributed by atoms with E-state index in [1.165, 1.54) is 55.4 Å². The minimum atomic E-state index is -4.22. The van der Waals surface area contributed by atoms with Gasteiger partial charge in [-0.15, -0.1) is 5.10 Å². The lowest BCUT2D eigenvalue weighted by Crippen LogP contribution is -2.24. The monoisotopic (exact) mass is 591 g/mol. The average molecular weight is 593 g/mol. The van der Waals surface area contributed by atoms with E-state index in [0.717, 1.165) is 30.0 Å². The van der Waals surface area contributed by atoms with Crippen molar-refractivity contribution in [3.63, 3.8) is 0 Å². The van der Waals surface area contributed by atoms with Crippen molar-refractivity contribution in [2.45, 2.75) is 55.6 Å². The molecule has 38 heavy (non-hydrogen) atoms. The number of fused-ring (bicyclic) bond motifs is 1. The number of nitrogens with zero attached hydrogens (tertiary/aromatic N) is 2. The van der Waals surface area contributed by atoms with Crippen molar-refractivity contribution in [2.75, 3.05) is 0 Å². The summed E-state index contributed by atoms with van der Waals surface area (Å²) in [5.74, 6) is 0.00753. The van der Waals surface area contributed by atoms with Gasteiger partial charge in [0.2, 0.25) is 5.91 Å². The van der Waals surface area contributed by atoms with Crippen LogP contribution in [-0.2, 0) is 14.9 Å². The first-order valence-corrected chi connectivity index (χ1v) is 15.3. The summed E-state index contributed by atoms with van der Waals surface area (Å²) in [5, 5.41) is 13.3. The number of amides is 1. The van der Waals surface area contributed by atoms with Gasteiger partial charge in [-0.2, -0.15) is 13.5 Å². The molecule has 0 bridgehead atoms. The van der Waals surface area contributed by atoms with E-state index in [1.807, 2.05) is 24.3 Å². The number of halogens is 2. The van der Waals surface area contributed by atoms with E-state index in [-0.39, 0.29) is 31.8 Å². The predicted octanol–water partition coefficient (Wildman–Crippen LogP) is 7.20. The Labute approximate surface area is 236 Å². The molecular formula is C27H27Cl2N3O4S2. The van der Waals surface area contributed by atoms with Crippen LogP contribution in [0.15, 0.2) is 69.7 Å². The number of hydrogen-bond donors (Lipinski definition) is 1. The number of nitrogens with one attached hydrogen (secondary N) is 1. The number of hydrogen-bond acceptors (Lipinski definition) is 7. The largest absolute Gasteiger partial charge is 0.378 e. The predicted molar refractivity (Wildman–Crippen MR) is 156 cm³/mol. The van der Waals surface area contributed by atoms with Crippen molar-refractivity contribution in [3.8, 4) is 5.75 Å². The first kappa shape index (κ1) is 28.4. The fourth-order valence-electron chi connectivity index (χ4n) is 3.99. The third-order valence-corrected chi connectivity index (χ3v) is 9.10. The maximum atomic E-state index is 13.0. The van der Waals surface area contributed by atoms with Crippen LogP contribution in [0.1, 0.15) is 51.0 Å². The van der Waals surface area contributed by atoms with Crippen LogP contribution < -0.4 is 9.50 Å². The Hall–Kier alpha value is -2.59. The van der Waals surface area contributed by atoms with Gasteiger partial charge in [-0.05, 0) is 41.5 Å². The number of thioether (sulfide) groups is 1. The molecule has 1 aliphatic heterocycles. The van der Waals surface area contributed by atoms with Crippen molar-refractivity contribution in [2.24, 2.45) is 10.2 Å². The van der Waals surface area contributed by atoms with Crippen LogP contribution in [0.3, 0.4) is 0 Å². The topological polar surface area (TPSA) is 97.2 Å². The third kappa shape index (κ3) is 7.08. The fraction of sp³-hybridized carbons (Fsp3) is 0.296. The molecule has 1 unspecified atom stereocenters. The lowest BCUT2D eigenvalue weighted by atomic mass is 10.0. The second-order valence-corrected chi connectivity index (χ2v) is 12.3. The fourth-order valence-corrected chi connectivity index (χ4v) is 6.31. The molecule has 1 heterocycles. The number of unbranched alkanes of at least 4 members (excludes halogenated alkanes) is 4. The minimum Gasteiger partial charge on any atom is -0.378 e. The number of benzene rings is 3. The van der Waals surface area contributed by atoms with Gasteiger partial charge in [0.15, 0.2) is 10.9 Å². The molecule has 4 rings (SSSR count). The first-order chi connectivity index (χ1) is 18.3. The van der Waals surface area contributed by atoms with Crippen LogP contribution in [0.25, 0.3) is 10.8 Å². The highest BCUT2D eigenvalue weighted by Crippen LogP contribution is 2.31. The third-order valence-electron chi connectivity index (χ3n) is 5.99. The summed E-state index contributed by atoms with van der Waals surface area (Å²) in [5.41, 5.74) is 0.429. The molecule has 0 saturated carbocycles. The van der Waals surface area contributed by atoms with Crippen molar-refractivity contribution < 1.29 is 17.4 Å². The van der Waals surface area contributed by atoms with E-state index in [1.54, 1.807) is 12.1 Å². The molecule has 11 heteroatoms. The summed E-state index contributed by atoms with van der Waals surface area (Å²) in [7, 11) is -4.22. The van der Waals surface area contributed by atoms with E-state index in [4.69, 9.17) is 27.4 Å². The van der Waals surface area contributed by atoms with Gasteiger partial charge in [-0.25, -0.2) is 0 Å². The van der Waals surface area contributed by atoms with Crippen molar-refractivity contribution in [3.05, 3.63) is 70.2 Å². The van der Waals surface area contributed by atoms with Gasteiger partial charge in [-0.3, -0.25) is 4.79 Å². The second-order valence-electron chi connectivity index (χ2n) is 8.76. The molecule has 1 saturated heterocycles. The molecule has 1 aliphatic rings. The van der Waals surface area contributed by atoms with Crippen LogP contribution in [0.5, 0.6) is 5.75 Å². The quantitative estimate of drug-likeness (QED) is 0.110.